The van der Waals surface area contributed by atoms with E-state index in [2.05, 4.69) is 32.7 Å². The molecule has 0 amide bonds. The van der Waals surface area contributed by atoms with Gasteiger partial charge in [-0.2, -0.15) is 0 Å². The van der Waals surface area contributed by atoms with Crippen molar-refractivity contribution in [3.05, 3.63) is 0 Å². The number of piperidine rings is 1. The predicted molar refractivity (Wildman–Crippen MR) is 78.9 cm³/mol. The Morgan fingerprint density at radius 3 is 2.61 bits per heavy atom. The fraction of sp³-hybridized carbons (Fsp3) is 1.00. The second kappa shape index (κ2) is 8.92. The fourth-order valence-electron chi connectivity index (χ4n) is 2.71. The molecular formula is C16H33NO. The smallest absolute Gasteiger partial charge is 0.0702 e. The van der Waals surface area contributed by atoms with Crippen molar-refractivity contribution in [2.45, 2.75) is 65.4 Å². The van der Waals surface area contributed by atoms with Crippen LogP contribution in [0.3, 0.4) is 0 Å². The molecule has 0 N–H and O–H groups in total. The van der Waals surface area contributed by atoms with Crippen LogP contribution < -0.4 is 0 Å². The molecule has 0 aromatic rings. The lowest BCUT2D eigenvalue weighted by Gasteiger charge is -2.29. The Balaban J connectivity index is 1.99. The topological polar surface area (TPSA) is 12.5 Å². The zero-order valence-electron chi connectivity index (χ0n) is 13.0. The second-order valence-electron chi connectivity index (χ2n) is 6.62. The van der Waals surface area contributed by atoms with Crippen LogP contribution in [0.2, 0.25) is 0 Å². The number of likely N-dealkylation sites (N-methyl/N-ethyl adjacent to an activating group) is 1. The van der Waals surface area contributed by atoms with Crippen LogP contribution in [0, 0.1) is 11.8 Å². The van der Waals surface area contributed by atoms with Gasteiger partial charge in [0.25, 0.3) is 0 Å². The van der Waals surface area contributed by atoms with E-state index in [-0.39, 0.29) is 0 Å². The highest BCUT2D eigenvalue weighted by molar-refractivity contribution is 4.70. The molecule has 1 aliphatic heterocycles. The number of hydrogen-bond acceptors (Lipinski definition) is 2. The average Bonchev–Trinajstić information content (AvgIpc) is 2.28. The van der Waals surface area contributed by atoms with Crippen LogP contribution in [-0.2, 0) is 4.74 Å². The van der Waals surface area contributed by atoms with Gasteiger partial charge in [0.05, 0.1) is 6.10 Å². The molecule has 1 heterocycles. The van der Waals surface area contributed by atoms with Gasteiger partial charge in [-0.15, -0.1) is 0 Å². The standard InChI is InChI=1S/C16H33NO/c1-14(2)7-5-8-15(3)10-12-18-16-9-6-11-17(4)13-16/h14-16H,5-13H2,1-4H3. The number of nitrogens with zero attached hydrogens (tertiary/aromatic N) is 1. The second-order valence-corrected chi connectivity index (χ2v) is 6.62. The van der Waals surface area contributed by atoms with Gasteiger partial charge >= 0.3 is 0 Å². The molecule has 2 heteroatoms. The SMILES string of the molecule is CC(C)CCCC(C)CCOC1CCCN(C)C1. The summed E-state index contributed by atoms with van der Waals surface area (Å²) in [5, 5.41) is 0. The highest BCUT2D eigenvalue weighted by atomic mass is 16.5. The van der Waals surface area contributed by atoms with E-state index in [1.165, 1.54) is 45.1 Å². The van der Waals surface area contributed by atoms with E-state index in [0.29, 0.717) is 6.10 Å². The van der Waals surface area contributed by atoms with E-state index in [4.69, 9.17) is 4.74 Å². The molecule has 1 aliphatic rings. The minimum Gasteiger partial charge on any atom is -0.377 e. The first-order valence-electron chi connectivity index (χ1n) is 7.88. The largest absolute Gasteiger partial charge is 0.377 e. The van der Waals surface area contributed by atoms with E-state index >= 15 is 0 Å². The Morgan fingerprint density at radius 2 is 1.94 bits per heavy atom. The molecule has 1 fully saturated rings. The highest BCUT2D eigenvalue weighted by Crippen LogP contribution is 2.17. The molecule has 2 atom stereocenters. The molecule has 2 nitrogen and oxygen atoms in total. The lowest BCUT2D eigenvalue weighted by molar-refractivity contribution is 0.00118. The van der Waals surface area contributed by atoms with Crippen molar-refractivity contribution in [1.82, 2.24) is 4.90 Å². The van der Waals surface area contributed by atoms with Gasteiger partial charge in [-0.1, -0.05) is 40.0 Å². The third-order valence-corrected chi connectivity index (χ3v) is 4.02. The van der Waals surface area contributed by atoms with Crippen molar-refractivity contribution >= 4 is 0 Å². The van der Waals surface area contributed by atoms with Crippen molar-refractivity contribution in [3.8, 4) is 0 Å². The first-order chi connectivity index (χ1) is 8.58. The lowest BCUT2D eigenvalue weighted by Crippen LogP contribution is -2.37. The summed E-state index contributed by atoms with van der Waals surface area (Å²) in [5.41, 5.74) is 0. The summed E-state index contributed by atoms with van der Waals surface area (Å²) in [6.07, 6.45) is 8.40. The maximum absolute atomic E-state index is 6.01. The number of ether oxygens (including phenoxy) is 1. The Morgan fingerprint density at radius 1 is 1.17 bits per heavy atom. The summed E-state index contributed by atoms with van der Waals surface area (Å²) in [5.74, 6) is 1.68. The molecule has 0 aromatic carbocycles. The normalized spacial score (nSPS) is 23.5. The minimum atomic E-state index is 0.492. The summed E-state index contributed by atoms with van der Waals surface area (Å²) in [6, 6.07) is 0. The Kier molecular flexibility index (Phi) is 7.92. The maximum atomic E-state index is 6.01. The molecule has 2 unspecified atom stereocenters. The minimum absolute atomic E-state index is 0.492. The zero-order valence-corrected chi connectivity index (χ0v) is 13.0. The summed E-state index contributed by atoms with van der Waals surface area (Å²) < 4.78 is 6.01. The fourth-order valence-corrected chi connectivity index (χ4v) is 2.71. The van der Waals surface area contributed by atoms with Crippen molar-refractivity contribution in [3.63, 3.8) is 0 Å². The van der Waals surface area contributed by atoms with Crippen LogP contribution in [-0.4, -0.2) is 37.7 Å². The first-order valence-corrected chi connectivity index (χ1v) is 7.88. The Hall–Kier alpha value is -0.0800. The quantitative estimate of drug-likeness (QED) is 0.651. The number of likely N-dealkylation sites (tertiary alicyclic amines) is 1. The van der Waals surface area contributed by atoms with Gasteiger partial charge in [-0.05, 0) is 44.7 Å². The predicted octanol–water partition coefficient (Wildman–Crippen LogP) is 3.95. The van der Waals surface area contributed by atoms with Crippen LogP contribution in [0.4, 0.5) is 0 Å². The van der Waals surface area contributed by atoms with E-state index in [9.17, 15) is 0 Å². The zero-order chi connectivity index (χ0) is 13.4. The van der Waals surface area contributed by atoms with Crippen LogP contribution >= 0.6 is 0 Å². The molecule has 0 aliphatic carbocycles. The van der Waals surface area contributed by atoms with E-state index in [1.807, 2.05) is 0 Å². The third-order valence-electron chi connectivity index (χ3n) is 4.02. The summed E-state index contributed by atoms with van der Waals surface area (Å²) in [4.78, 5) is 2.39. The van der Waals surface area contributed by atoms with Crippen molar-refractivity contribution in [2.24, 2.45) is 11.8 Å². The van der Waals surface area contributed by atoms with Crippen molar-refractivity contribution < 1.29 is 4.74 Å². The van der Waals surface area contributed by atoms with Crippen molar-refractivity contribution in [2.75, 3.05) is 26.7 Å². The van der Waals surface area contributed by atoms with Crippen LogP contribution in [0.1, 0.15) is 59.3 Å². The highest BCUT2D eigenvalue weighted by Gasteiger charge is 2.17. The lowest BCUT2D eigenvalue weighted by atomic mass is 9.97. The van der Waals surface area contributed by atoms with Gasteiger partial charge in [0.1, 0.15) is 0 Å². The third kappa shape index (κ3) is 7.38. The Bertz CT molecular complexity index is 205. The van der Waals surface area contributed by atoms with Gasteiger partial charge in [0, 0.05) is 13.2 Å². The molecule has 0 spiro atoms. The Labute approximate surface area is 114 Å². The van der Waals surface area contributed by atoms with E-state index in [1.54, 1.807) is 0 Å². The van der Waals surface area contributed by atoms with Crippen LogP contribution in [0.25, 0.3) is 0 Å². The molecule has 18 heavy (non-hydrogen) atoms. The van der Waals surface area contributed by atoms with Gasteiger partial charge < -0.3 is 9.64 Å². The van der Waals surface area contributed by atoms with Gasteiger partial charge in [0.15, 0.2) is 0 Å². The molecule has 1 saturated heterocycles. The number of rotatable bonds is 8. The summed E-state index contributed by atoms with van der Waals surface area (Å²) in [7, 11) is 2.20. The molecule has 0 bridgehead atoms. The molecule has 108 valence electrons. The molecule has 0 aromatic heterocycles. The molecule has 0 radical (unpaired) electrons. The van der Waals surface area contributed by atoms with Crippen LogP contribution in [0.5, 0.6) is 0 Å². The van der Waals surface area contributed by atoms with Crippen LogP contribution in [0.15, 0.2) is 0 Å². The monoisotopic (exact) mass is 255 g/mol. The van der Waals surface area contributed by atoms with E-state index < -0.39 is 0 Å². The van der Waals surface area contributed by atoms with Crippen molar-refractivity contribution in [1.29, 1.82) is 0 Å². The summed E-state index contributed by atoms with van der Waals surface area (Å²) in [6.45, 7) is 10.3. The number of hydrogen-bond donors (Lipinski definition) is 0. The van der Waals surface area contributed by atoms with Gasteiger partial charge in [0.2, 0.25) is 0 Å². The van der Waals surface area contributed by atoms with E-state index in [0.717, 1.165) is 25.0 Å². The molecule has 0 saturated carbocycles. The molecule has 1 rings (SSSR count). The molecular weight excluding hydrogens is 222 g/mol. The van der Waals surface area contributed by atoms with Gasteiger partial charge in [-0.3, -0.25) is 0 Å². The average molecular weight is 255 g/mol. The first kappa shape index (κ1) is 16.0. The maximum Gasteiger partial charge on any atom is 0.0702 e. The summed E-state index contributed by atoms with van der Waals surface area (Å²) >= 11 is 0. The van der Waals surface area contributed by atoms with Gasteiger partial charge in [-0.25, -0.2) is 0 Å².